The molecule has 0 aliphatic heterocycles. The number of nitrogens with one attached hydrogen (secondary N) is 1. The van der Waals surface area contributed by atoms with E-state index in [-0.39, 0.29) is 24.9 Å². The number of rotatable bonds is 48. The summed E-state index contributed by atoms with van der Waals surface area (Å²) in [5.74, 6) is -0.484. The van der Waals surface area contributed by atoms with Gasteiger partial charge in [-0.05, 0) is 83.5 Å². The minimum atomic E-state index is -0.791. The Morgan fingerprint density at radius 1 is 0.484 bits per heavy atom. The lowest BCUT2D eigenvalue weighted by molar-refractivity contribution is -0.151. The topological polar surface area (TPSA) is 95.9 Å². The maximum atomic E-state index is 13.2. The Balaban J connectivity index is 4.60. The molecule has 0 heterocycles. The van der Waals surface area contributed by atoms with Crippen molar-refractivity contribution in [1.82, 2.24) is 5.32 Å². The first-order valence-corrected chi connectivity index (χ1v) is 26.9. The molecule has 0 fully saturated rings. The lowest BCUT2D eigenvalue weighted by Crippen LogP contribution is -2.46. The molecule has 6 heteroatoms. The number of allylic oxidation sites excluding steroid dienone is 8. The largest absolute Gasteiger partial charge is 0.462 e. The van der Waals surface area contributed by atoms with Gasteiger partial charge in [-0.2, -0.15) is 0 Å². The molecule has 0 aromatic rings. The summed E-state index contributed by atoms with van der Waals surface area (Å²) >= 11 is 0. The van der Waals surface area contributed by atoms with E-state index >= 15 is 0 Å². The quantitative estimate of drug-likeness (QED) is 0.0322. The Morgan fingerprint density at radius 2 is 0.871 bits per heavy atom. The average Bonchev–Trinajstić information content (AvgIpc) is 3.26. The highest BCUT2D eigenvalue weighted by atomic mass is 16.5. The highest BCUT2D eigenvalue weighted by Crippen LogP contribution is 2.18. The number of hydrogen-bond acceptors (Lipinski definition) is 5. The molecule has 1 amide bonds. The van der Waals surface area contributed by atoms with Gasteiger partial charge in [-0.15, -0.1) is 0 Å². The summed E-state index contributed by atoms with van der Waals surface area (Å²) in [6.07, 6.45) is 60.2. The standard InChI is InChI=1S/C56H103NO5/c1-4-7-10-13-16-19-22-25-27-28-29-30-32-35-38-41-44-47-52(62-56(61)49-46-43-40-37-34-31-26-23-20-17-14-11-8-5-2)50-55(60)57-53(51-58)54(59)48-45-42-39-36-33-24-21-18-15-12-9-6-3/h8,11,16-17,19-20,25,27,52-54,58-59H,4-7,9-10,12-15,18,21-24,26,28-51H2,1-3H3,(H,57,60)/b11-8+,19-16-,20-17+,27-25-. The zero-order valence-electron chi connectivity index (χ0n) is 41.3. The van der Waals surface area contributed by atoms with E-state index in [1.807, 2.05) is 0 Å². The van der Waals surface area contributed by atoms with Crippen molar-refractivity contribution in [1.29, 1.82) is 0 Å². The van der Waals surface area contributed by atoms with Crippen LogP contribution in [0.5, 0.6) is 0 Å². The van der Waals surface area contributed by atoms with E-state index in [1.54, 1.807) is 0 Å². The fourth-order valence-electron chi connectivity index (χ4n) is 8.09. The molecule has 0 saturated carbocycles. The van der Waals surface area contributed by atoms with Crippen LogP contribution in [0.15, 0.2) is 48.6 Å². The van der Waals surface area contributed by atoms with Gasteiger partial charge >= 0.3 is 5.97 Å². The Kier molecular flexibility index (Phi) is 48.1. The van der Waals surface area contributed by atoms with Crippen LogP contribution in [0.2, 0.25) is 0 Å². The number of esters is 1. The average molecular weight is 870 g/mol. The summed E-state index contributed by atoms with van der Waals surface area (Å²) in [6, 6.07) is -0.705. The van der Waals surface area contributed by atoms with Crippen LogP contribution in [0.4, 0.5) is 0 Å². The monoisotopic (exact) mass is 870 g/mol. The van der Waals surface area contributed by atoms with Crippen LogP contribution >= 0.6 is 0 Å². The first-order valence-electron chi connectivity index (χ1n) is 26.9. The fourth-order valence-corrected chi connectivity index (χ4v) is 8.09. The van der Waals surface area contributed by atoms with Gasteiger partial charge in [0.25, 0.3) is 0 Å². The number of unbranched alkanes of at least 4 members (excludes halogenated alkanes) is 28. The predicted molar refractivity (Wildman–Crippen MR) is 269 cm³/mol. The number of amides is 1. The minimum Gasteiger partial charge on any atom is -0.462 e. The summed E-state index contributed by atoms with van der Waals surface area (Å²) in [4.78, 5) is 26.2. The molecule has 0 spiro atoms. The molecule has 3 unspecified atom stereocenters. The zero-order chi connectivity index (χ0) is 45.2. The first-order chi connectivity index (χ1) is 30.5. The minimum absolute atomic E-state index is 0.0698. The summed E-state index contributed by atoms with van der Waals surface area (Å²) in [7, 11) is 0. The molecule has 0 bridgehead atoms. The van der Waals surface area contributed by atoms with E-state index in [0.717, 1.165) is 89.9 Å². The molecule has 0 aromatic heterocycles. The van der Waals surface area contributed by atoms with Crippen molar-refractivity contribution in [3.05, 3.63) is 48.6 Å². The van der Waals surface area contributed by atoms with Gasteiger partial charge in [-0.3, -0.25) is 9.59 Å². The van der Waals surface area contributed by atoms with Crippen LogP contribution in [-0.2, 0) is 14.3 Å². The lowest BCUT2D eigenvalue weighted by atomic mass is 10.0. The molecule has 0 aromatic carbocycles. The normalized spacial score (nSPS) is 13.6. The van der Waals surface area contributed by atoms with Crippen LogP contribution in [0.25, 0.3) is 0 Å². The highest BCUT2D eigenvalue weighted by molar-refractivity contribution is 5.77. The highest BCUT2D eigenvalue weighted by Gasteiger charge is 2.24. The second-order valence-electron chi connectivity index (χ2n) is 18.2. The molecule has 3 N–H and O–H groups in total. The summed E-state index contributed by atoms with van der Waals surface area (Å²) < 4.78 is 5.94. The molecular formula is C56H103NO5. The molecule has 0 rings (SSSR count). The van der Waals surface area contributed by atoms with Gasteiger partial charge in [0.15, 0.2) is 0 Å². The van der Waals surface area contributed by atoms with Gasteiger partial charge in [0.05, 0.1) is 25.2 Å². The summed E-state index contributed by atoms with van der Waals surface area (Å²) in [5.41, 5.74) is 0. The van der Waals surface area contributed by atoms with Crippen molar-refractivity contribution in [2.45, 2.75) is 289 Å². The molecular weight excluding hydrogens is 767 g/mol. The zero-order valence-corrected chi connectivity index (χ0v) is 41.3. The summed E-state index contributed by atoms with van der Waals surface area (Å²) in [5, 5.41) is 23.8. The van der Waals surface area contributed by atoms with Crippen molar-refractivity contribution < 1.29 is 24.5 Å². The fraction of sp³-hybridized carbons (Fsp3) is 0.821. The third-order valence-corrected chi connectivity index (χ3v) is 12.1. The Labute approximate surface area is 385 Å². The number of carbonyl (C=O) groups excluding carboxylic acids is 2. The number of aliphatic hydroxyl groups excluding tert-OH is 2. The second-order valence-corrected chi connectivity index (χ2v) is 18.2. The van der Waals surface area contributed by atoms with Crippen molar-refractivity contribution >= 4 is 11.9 Å². The predicted octanol–water partition coefficient (Wildman–Crippen LogP) is 16.2. The van der Waals surface area contributed by atoms with E-state index < -0.39 is 18.2 Å². The first kappa shape index (κ1) is 59.8. The van der Waals surface area contributed by atoms with Crippen LogP contribution in [-0.4, -0.2) is 46.9 Å². The van der Waals surface area contributed by atoms with Crippen molar-refractivity contribution in [3.63, 3.8) is 0 Å². The third-order valence-electron chi connectivity index (χ3n) is 12.1. The van der Waals surface area contributed by atoms with E-state index in [2.05, 4.69) is 74.7 Å². The van der Waals surface area contributed by atoms with E-state index in [1.165, 1.54) is 135 Å². The van der Waals surface area contributed by atoms with Crippen molar-refractivity contribution in [2.24, 2.45) is 0 Å². The van der Waals surface area contributed by atoms with E-state index in [9.17, 15) is 19.8 Å². The number of carbonyl (C=O) groups is 2. The van der Waals surface area contributed by atoms with Crippen molar-refractivity contribution in [2.75, 3.05) is 6.61 Å². The van der Waals surface area contributed by atoms with Gasteiger partial charge in [0.1, 0.15) is 6.10 Å². The summed E-state index contributed by atoms with van der Waals surface area (Å²) in [6.45, 7) is 6.36. The Bertz CT molecular complexity index is 1070. The molecule has 362 valence electrons. The van der Waals surface area contributed by atoms with Crippen LogP contribution < -0.4 is 5.32 Å². The Morgan fingerprint density at radius 3 is 1.34 bits per heavy atom. The maximum Gasteiger partial charge on any atom is 0.306 e. The van der Waals surface area contributed by atoms with Crippen LogP contribution in [0, 0.1) is 0 Å². The Hall–Kier alpha value is -2.18. The molecule has 0 saturated heterocycles. The maximum absolute atomic E-state index is 13.2. The molecule has 62 heavy (non-hydrogen) atoms. The molecule has 0 aliphatic carbocycles. The lowest BCUT2D eigenvalue weighted by Gasteiger charge is -2.24. The van der Waals surface area contributed by atoms with Crippen LogP contribution in [0.3, 0.4) is 0 Å². The number of hydrogen-bond donors (Lipinski definition) is 3. The SMILES string of the molecule is CC/C=C/C/C=C/CCCCCCCCCC(=O)OC(CCCCCCCCC/C=C\C/C=C\CCCCC)CC(=O)NC(CO)C(O)CCCCCCCCCCCCCC. The van der Waals surface area contributed by atoms with Crippen LogP contribution in [0.1, 0.15) is 271 Å². The van der Waals surface area contributed by atoms with Crippen molar-refractivity contribution in [3.8, 4) is 0 Å². The van der Waals surface area contributed by atoms with Gasteiger partial charge in [-0.25, -0.2) is 0 Å². The van der Waals surface area contributed by atoms with Gasteiger partial charge < -0.3 is 20.3 Å². The molecule has 0 aliphatic rings. The number of ether oxygens (including phenoxy) is 1. The molecule has 3 atom stereocenters. The van der Waals surface area contributed by atoms with Gasteiger partial charge in [0.2, 0.25) is 5.91 Å². The van der Waals surface area contributed by atoms with E-state index in [0.29, 0.717) is 19.3 Å². The van der Waals surface area contributed by atoms with Gasteiger partial charge in [-0.1, -0.05) is 223 Å². The molecule has 6 nitrogen and oxygen atoms in total. The van der Waals surface area contributed by atoms with Gasteiger partial charge in [0, 0.05) is 6.42 Å². The number of aliphatic hydroxyl groups is 2. The second kappa shape index (κ2) is 49.8. The van der Waals surface area contributed by atoms with E-state index in [4.69, 9.17) is 4.74 Å². The third kappa shape index (κ3) is 44.4. The smallest absolute Gasteiger partial charge is 0.306 e. The molecule has 0 radical (unpaired) electrons.